The highest BCUT2D eigenvalue weighted by atomic mass is 35.5. The zero-order chi connectivity index (χ0) is 18.8. The summed E-state index contributed by atoms with van der Waals surface area (Å²) >= 11 is 6.79. The summed E-state index contributed by atoms with van der Waals surface area (Å²) in [7, 11) is 1.45. The van der Waals surface area contributed by atoms with E-state index in [1.54, 1.807) is 18.4 Å². The summed E-state index contributed by atoms with van der Waals surface area (Å²) in [5.41, 5.74) is -0.282. The molecule has 4 nitrogen and oxygen atoms in total. The number of likely N-dealkylation sites (N-methyl/N-ethyl adjacent to an activating group) is 1. The van der Waals surface area contributed by atoms with Crippen molar-refractivity contribution in [1.82, 2.24) is 4.90 Å². The van der Waals surface area contributed by atoms with Crippen molar-refractivity contribution in [2.45, 2.75) is 13.1 Å². The third-order valence-electron chi connectivity index (χ3n) is 3.34. The molecule has 0 atom stereocenters. The fourth-order valence-corrected chi connectivity index (χ4v) is 3.22. The summed E-state index contributed by atoms with van der Waals surface area (Å²) in [4.78, 5) is 26.0. The van der Waals surface area contributed by atoms with Gasteiger partial charge < -0.3 is 10.2 Å². The van der Waals surface area contributed by atoms with Gasteiger partial charge in [-0.25, -0.2) is 0 Å². The Bertz CT molecular complexity index is 805. The Hall–Kier alpha value is -2.06. The van der Waals surface area contributed by atoms with Gasteiger partial charge in [-0.2, -0.15) is 13.2 Å². The molecule has 1 aromatic heterocycles. The van der Waals surface area contributed by atoms with E-state index in [-0.39, 0.29) is 18.1 Å². The highest BCUT2D eigenvalue weighted by Crippen LogP contribution is 2.36. The van der Waals surface area contributed by atoms with Gasteiger partial charge in [-0.3, -0.25) is 9.59 Å². The first-order valence-electron chi connectivity index (χ1n) is 7.05. The van der Waals surface area contributed by atoms with Crippen LogP contribution in [0.1, 0.15) is 20.8 Å². The molecule has 0 aliphatic rings. The fraction of sp³-hybridized carbons (Fsp3) is 0.250. The monoisotopic (exact) mass is 390 g/mol. The number of benzene rings is 1. The third-order valence-corrected chi connectivity index (χ3v) is 4.67. The van der Waals surface area contributed by atoms with Crippen LogP contribution in [0.2, 0.25) is 5.02 Å². The van der Waals surface area contributed by atoms with Gasteiger partial charge in [0.05, 0.1) is 22.0 Å². The van der Waals surface area contributed by atoms with E-state index in [4.69, 9.17) is 11.6 Å². The van der Waals surface area contributed by atoms with E-state index < -0.39 is 22.7 Å². The number of alkyl halides is 3. The van der Waals surface area contributed by atoms with Crippen LogP contribution in [0.15, 0.2) is 29.6 Å². The summed E-state index contributed by atoms with van der Waals surface area (Å²) in [6.07, 6.45) is -4.62. The molecule has 1 heterocycles. The molecule has 0 aliphatic heterocycles. The maximum absolute atomic E-state index is 12.8. The number of nitrogens with one attached hydrogen (secondary N) is 1. The van der Waals surface area contributed by atoms with Crippen molar-refractivity contribution >= 4 is 40.4 Å². The molecule has 0 unspecified atom stereocenters. The standard InChI is InChI=1S/C16H14ClF3N2O2S/c1-9-5-6-25-14(9)15(24)22(2)8-13(23)21-10-3-4-12(17)11(7-10)16(18,19)20/h3-7H,8H2,1-2H3,(H,21,23). The van der Waals surface area contributed by atoms with Crippen LogP contribution >= 0.6 is 22.9 Å². The van der Waals surface area contributed by atoms with E-state index in [9.17, 15) is 22.8 Å². The number of hydrogen-bond donors (Lipinski definition) is 1. The minimum Gasteiger partial charge on any atom is -0.332 e. The van der Waals surface area contributed by atoms with E-state index in [0.29, 0.717) is 4.88 Å². The minimum absolute atomic E-state index is 0.0464. The predicted octanol–water partition coefficient (Wildman–Crippen LogP) is 4.44. The first-order chi connectivity index (χ1) is 11.6. The molecule has 0 bridgehead atoms. The van der Waals surface area contributed by atoms with Gasteiger partial charge in [-0.15, -0.1) is 11.3 Å². The normalized spacial score (nSPS) is 11.3. The minimum atomic E-state index is -4.62. The molecule has 0 saturated carbocycles. The van der Waals surface area contributed by atoms with Crippen LogP contribution < -0.4 is 5.32 Å². The topological polar surface area (TPSA) is 49.4 Å². The average Bonchev–Trinajstić information content (AvgIpc) is 2.93. The van der Waals surface area contributed by atoms with Crippen LogP contribution in [-0.4, -0.2) is 30.3 Å². The smallest absolute Gasteiger partial charge is 0.332 e. The third kappa shape index (κ3) is 4.73. The number of amides is 2. The quantitative estimate of drug-likeness (QED) is 0.839. The fourth-order valence-electron chi connectivity index (χ4n) is 2.07. The zero-order valence-electron chi connectivity index (χ0n) is 13.3. The van der Waals surface area contributed by atoms with Gasteiger partial charge in [0, 0.05) is 12.7 Å². The molecular formula is C16H14ClF3N2O2S. The predicted molar refractivity (Wildman–Crippen MR) is 91.1 cm³/mol. The molecule has 0 saturated heterocycles. The van der Waals surface area contributed by atoms with Gasteiger partial charge in [0.25, 0.3) is 5.91 Å². The molecule has 2 aromatic rings. The number of nitrogens with zero attached hydrogens (tertiary/aromatic N) is 1. The highest BCUT2D eigenvalue weighted by molar-refractivity contribution is 7.12. The second kappa shape index (κ2) is 7.45. The number of carbonyl (C=O) groups excluding carboxylic acids is 2. The summed E-state index contributed by atoms with van der Waals surface area (Å²) in [6.45, 7) is 1.49. The van der Waals surface area contributed by atoms with E-state index in [2.05, 4.69) is 5.32 Å². The SMILES string of the molecule is Cc1ccsc1C(=O)N(C)CC(=O)Nc1ccc(Cl)c(C(F)(F)F)c1. The van der Waals surface area contributed by atoms with Gasteiger partial charge >= 0.3 is 6.18 Å². The van der Waals surface area contributed by atoms with E-state index >= 15 is 0 Å². The lowest BCUT2D eigenvalue weighted by Crippen LogP contribution is -2.34. The first kappa shape index (κ1) is 19.3. The Balaban J connectivity index is 2.05. The van der Waals surface area contributed by atoms with Crippen LogP contribution in [0.5, 0.6) is 0 Å². The maximum atomic E-state index is 12.8. The highest BCUT2D eigenvalue weighted by Gasteiger charge is 2.33. The first-order valence-corrected chi connectivity index (χ1v) is 8.31. The Morgan fingerprint density at radius 1 is 1.28 bits per heavy atom. The molecular weight excluding hydrogens is 377 g/mol. The Morgan fingerprint density at radius 2 is 1.96 bits per heavy atom. The van der Waals surface area contributed by atoms with Crippen molar-refractivity contribution in [1.29, 1.82) is 0 Å². The van der Waals surface area contributed by atoms with Crippen molar-refractivity contribution in [2.24, 2.45) is 0 Å². The molecule has 2 rings (SSSR count). The Labute approximate surface area is 151 Å². The largest absolute Gasteiger partial charge is 0.417 e. The maximum Gasteiger partial charge on any atom is 0.417 e. The van der Waals surface area contributed by atoms with Crippen LogP contribution in [0.3, 0.4) is 0 Å². The molecule has 134 valence electrons. The molecule has 2 amide bonds. The number of carbonyl (C=O) groups is 2. The average molecular weight is 391 g/mol. The van der Waals surface area contributed by atoms with E-state index in [1.165, 1.54) is 29.4 Å². The van der Waals surface area contributed by atoms with Gasteiger partial charge in [0.15, 0.2) is 0 Å². The number of aryl methyl sites for hydroxylation is 1. The lowest BCUT2D eigenvalue weighted by Gasteiger charge is -2.17. The molecule has 25 heavy (non-hydrogen) atoms. The lowest BCUT2D eigenvalue weighted by atomic mass is 10.2. The molecule has 0 spiro atoms. The number of hydrogen-bond acceptors (Lipinski definition) is 3. The Morgan fingerprint density at radius 3 is 2.52 bits per heavy atom. The summed E-state index contributed by atoms with van der Waals surface area (Å²) < 4.78 is 38.5. The van der Waals surface area contributed by atoms with E-state index in [0.717, 1.165) is 17.7 Å². The second-order valence-corrected chi connectivity index (χ2v) is 6.66. The summed E-state index contributed by atoms with van der Waals surface area (Å²) in [6, 6.07) is 4.87. The van der Waals surface area contributed by atoms with Gasteiger partial charge in [-0.05, 0) is 42.1 Å². The molecule has 1 N–H and O–H groups in total. The van der Waals surface area contributed by atoms with Crippen molar-refractivity contribution in [2.75, 3.05) is 18.9 Å². The molecule has 0 radical (unpaired) electrons. The lowest BCUT2D eigenvalue weighted by molar-refractivity contribution is -0.137. The van der Waals surface area contributed by atoms with Crippen molar-refractivity contribution < 1.29 is 22.8 Å². The molecule has 0 aliphatic carbocycles. The summed E-state index contributed by atoms with van der Waals surface area (Å²) in [5, 5.41) is 3.65. The second-order valence-electron chi connectivity index (χ2n) is 5.33. The van der Waals surface area contributed by atoms with Crippen molar-refractivity contribution in [3.05, 3.63) is 50.7 Å². The van der Waals surface area contributed by atoms with Gasteiger partial charge in [0.1, 0.15) is 0 Å². The van der Waals surface area contributed by atoms with Crippen LogP contribution in [-0.2, 0) is 11.0 Å². The number of halogens is 4. The van der Waals surface area contributed by atoms with Gasteiger partial charge in [0.2, 0.25) is 5.91 Å². The number of anilines is 1. The molecule has 0 fully saturated rings. The van der Waals surface area contributed by atoms with Gasteiger partial charge in [-0.1, -0.05) is 11.6 Å². The van der Waals surface area contributed by atoms with Crippen LogP contribution in [0.4, 0.5) is 18.9 Å². The van der Waals surface area contributed by atoms with Crippen LogP contribution in [0, 0.1) is 6.92 Å². The number of thiophene rings is 1. The van der Waals surface area contributed by atoms with Crippen molar-refractivity contribution in [3.8, 4) is 0 Å². The van der Waals surface area contributed by atoms with Crippen molar-refractivity contribution in [3.63, 3.8) is 0 Å². The molecule has 9 heteroatoms. The summed E-state index contributed by atoms with van der Waals surface area (Å²) in [5.74, 6) is -0.935. The van der Waals surface area contributed by atoms with Crippen LogP contribution in [0.25, 0.3) is 0 Å². The zero-order valence-corrected chi connectivity index (χ0v) is 14.9. The number of rotatable bonds is 4. The molecule has 1 aromatic carbocycles. The Kier molecular flexibility index (Phi) is 5.74. The van der Waals surface area contributed by atoms with E-state index in [1.807, 2.05) is 0 Å².